The number of hydrogen-bond donors (Lipinski definition) is 1. The number of benzene rings is 1. The molecule has 1 N–H and O–H groups in total. The molecule has 0 bridgehead atoms. The van der Waals surface area contributed by atoms with E-state index in [-0.39, 0.29) is 0 Å². The monoisotopic (exact) mass is 207 g/mol. The Kier molecular flexibility index (Phi) is 3.61. The van der Waals surface area contributed by atoms with Crippen molar-refractivity contribution in [1.82, 2.24) is 0 Å². The van der Waals surface area contributed by atoms with Crippen LogP contribution in [0.1, 0.15) is 26.3 Å². The molecule has 15 heavy (non-hydrogen) atoms. The molecule has 0 spiro atoms. The molecule has 2 nitrogen and oxygen atoms in total. The topological polar surface area (TPSA) is 21.3 Å². The summed E-state index contributed by atoms with van der Waals surface area (Å²) >= 11 is 0. The van der Waals surface area contributed by atoms with E-state index in [2.05, 4.69) is 45.1 Å². The lowest BCUT2D eigenvalue weighted by Gasteiger charge is -2.20. The van der Waals surface area contributed by atoms with Crippen molar-refractivity contribution in [3.05, 3.63) is 23.8 Å². The van der Waals surface area contributed by atoms with E-state index in [1.165, 1.54) is 0 Å². The Labute approximate surface area is 92.6 Å². The summed E-state index contributed by atoms with van der Waals surface area (Å²) in [5.41, 5.74) is 2.62. The number of methoxy groups -OCH3 is 1. The van der Waals surface area contributed by atoms with Crippen molar-refractivity contribution in [3.63, 3.8) is 0 Å². The molecule has 0 fully saturated rings. The van der Waals surface area contributed by atoms with E-state index in [1.54, 1.807) is 7.11 Å². The Hall–Kier alpha value is -1.18. The van der Waals surface area contributed by atoms with Crippen molar-refractivity contribution in [1.29, 1.82) is 0 Å². The normalized spacial score (nSPS) is 11.3. The molecule has 0 amide bonds. The van der Waals surface area contributed by atoms with Crippen molar-refractivity contribution >= 4 is 5.69 Å². The predicted octanol–water partition coefficient (Wildman–Crippen LogP) is 3.46. The number of nitrogens with one attached hydrogen (secondary N) is 1. The third kappa shape index (κ3) is 3.82. The van der Waals surface area contributed by atoms with Gasteiger partial charge in [0, 0.05) is 12.2 Å². The van der Waals surface area contributed by atoms with E-state index < -0.39 is 0 Å². The van der Waals surface area contributed by atoms with Gasteiger partial charge in [-0.25, -0.2) is 0 Å². The molecule has 0 aliphatic rings. The summed E-state index contributed by atoms with van der Waals surface area (Å²) in [5.74, 6) is 0.941. The van der Waals surface area contributed by atoms with E-state index >= 15 is 0 Å². The van der Waals surface area contributed by atoms with Crippen LogP contribution in [-0.2, 0) is 0 Å². The Morgan fingerprint density at radius 3 is 2.40 bits per heavy atom. The second-order valence-corrected chi connectivity index (χ2v) is 5.10. The zero-order chi connectivity index (χ0) is 11.5. The van der Waals surface area contributed by atoms with Crippen molar-refractivity contribution in [3.8, 4) is 5.75 Å². The van der Waals surface area contributed by atoms with Crippen LogP contribution in [0.15, 0.2) is 18.2 Å². The van der Waals surface area contributed by atoms with E-state index in [0.29, 0.717) is 5.41 Å². The number of anilines is 1. The Balaban J connectivity index is 2.68. The lowest BCUT2D eigenvalue weighted by atomic mass is 9.97. The van der Waals surface area contributed by atoms with Gasteiger partial charge in [-0.15, -0.1) is 0 Å². The summed E-state index contributed by atoms with van der Waals surface area (Å²) in [6.07, 6.45) is 0. The molecule has 84 valence electrons. The maximum absolute atomic E-state index is 5.22. The van der Waals surface area contributed by atoms with Gasteiger partial charge in [0.25, 0.3) is 0 Å². The Morgan fingerprint density at radius 2 is 1.93 bits per heavy atom. The van der Waals surface area contributed by atoms with Crippen molar-refractivity contribution in [2.75, 3.05) is 19.0 Å². The van der Waals surface area contributed by atoms with E-state index in [9.17, 15) is 0 Å². The molecule has 2 heteroatoms. The molecule has 0 unspecified atom stereocenters. The summed E-state index contributed by atoms with van der Waals surface area (Å²) in [7, 11) is 1.70. The third-order valence-corrected chi connectivity index (χ3v) is 2.22. The number of ether oxygens (including phenoxy) is 1. The standard InChI is InChI=1S/C13H21NO/c1-10-8-11(6-7-12(10)15-5)14-9-13(2,3)4/h6-8,14H,9H2,1-5H3. The molecular formula is C13H21NO. The highest BCUT2D eigenvalue weighted by Gasteiger charge is 2.09. The molecule has 1 aromatic rings. The summed E-state index contributed by atoms with van der Waals surface area (Å²) in [6.45, 7) is 9.68. The minimum atomic E-state index is 0.299. The van der Waals surface area contributed by atoms with Crippen LogP contribution in [0.25, 0.3) is 0 Å². The highest BCUT2D eigenvalue weighted by atomic mass is 16.5. The van der Waals surface area contributed by atoms with Gasteiger partial charge in [0.05, 0.1) is 7.11 Å². The largest absolute Gasteiger partial charge is 0.496 e. The SMILES string of the molecule is COc1ccc(NCC(C)(C)C)cc1C. The first-order valence-corrected chi connectivity index (χ1v) is 5.31. The minimum absolute atomic E-state index is 0.299. The van der Waals surface area contributed by atoms with Crippen LogP contribution in [0.2, 0.25) is 0 Å². The number of hydrogen-bond acceptors (Lipinski definition) is 2. The number of aryl methyl sites for hydroxylation is 1. The van der Waals surface area contributed by atoms with Crippen LogP contribution in [0, 0.1) is 12.3 Å². The lowest BCUT2D eigenvalue weighted by Crippen LogP contribution is -2.18. The highest BCUT2D eigenvalue weighted by molar-refractivity contribution is 5.50. The van der Waals surface area contributed by atoms with Crippen LogP contribution in [0.5, 0.6) is 5.75 Å². The predicted molar refractivity (Wildman–Crippen MR) is 65.7 cm³/mol. The molecule has 1 rings (SSSR count). The zero-order valence-electron chi connectivity index (χ0n) is 10.3. The first kappa shape index (κ1) is 11.9. The van der Waals surface area contributed by atoms with Gasteiger partial charge in [-0.3, -0.25) is 0 Å². The van der Waals surface area contributed by atoms with Crippen molar-refractivity contribution in [2.45, 2.75) is 27.7 Å². The van der Waals surface area contributed by atoms with E-state index in [0.717, 1.165) is 23.5 Å². The Bertz CT molecular complexity index is 326. The third-order valence-electron chi connectivity index (χ3n) is 2.22. The van der Waals surface area contributed by atoms with Crippen molar-refractivity contribution < 1.29 is 4.74 Å². The van der Waals surface area contributed by atoms with Crippen molar-refractivity contribution in [2.24, 2.45) is 5.41 Å². The average molecular weight is 207 g/mol. The fourth-order valence-corrected chi connectivity index (χ4v) is 1.36. The zero-order valence-corrected chi connectivity index (χ0v) is 10.3. The number of rotatable bonds is 3. The molecule has 0 aliphatic carbocycles. The second-order valence-electron chi connectivity index (χ2n) is 5.10. The van der Waals surface area contributed by atoms with Crippen LogP contribution in [-0.4, -0.2) is 13.7 Å². The van der Waals surface area contributed by atoms with Gasteiger partial charge < -0.3 is 10.1 Å². The van der Waals surface area contributed by atoms with Crippen LogP contribution >= 0.6 is 0 Å². The van der Waals surface area contributed by atoms with Gasteiger partial charge in [0.1, 0.15) is 5.75 Å². The summed E-state index contributed by atoms with van der Waals surface area (Å²) in [4.78, 5) is 0. The first-order chi connectivity index (χ1) is 6.92. The first-order valence-electron chi connectivity index (χ1n) is 5.31. The summed E-state index contributed by atoms with van der Waals surface area (Å²) < 4.78 is 5.22. The molecule has 0 saturated carbocycles. The van der Waals surface area contributed by atoms with Crippen LogP contribution in [0.4, 0.5) is 5.69 Å². The van der Waals surface area contributed by atoms with Gasteiger partial charge in [-0.1, -0.05) is 20.8 Å². The minimum Gasteiger partial charge on any atom is -0.496 e. The lowest BCUT2D eigenvalue weighted by molar-refractivity contribution is 0.411. The molecule has 0 atom stereocenters. The van der Waals surface area contributed by atoms with Gasteiger partial charge in [0.15, 0.2) is 0 Å². The van der Waals surface area contributed by atoms with Crippen LogP contribution in [0.3, 0.4) is 0 Å². The Morgan fingerprint density at radius 1 is 1.27 bits per heavy atom. The smallest absolute Gasteiger partial charge is 0.121 e. The maximum Gasteiger partial charge on any atom is 0.121 e. The molecule has 0 saturated heterocycles. The van der Waals surface area contributed by atoms with Gasteiger partial charge >= 0.3 is 0 Å². The highest BCUT2D eigenvalue weighted by Crippen LogP contribution is 2.22. The molecule has 0 radical (unpaired) electrons. The quantitative estimate of drug-likeness (QED) is 0.819. The fraction of sp³-hybridized carbons (Fsp3) is 0.538. The second kappa shape index (κ2) is 4.56. The molecular weight excluding hydrogens is 186 g/mol. The maximum atomic E-state index is 5.22. The molecule has 0 aromatic heterocycles. The summed E-state index contributed by atoms with van der Waals surface area (Å²) in [5, 5.41) is 3.42. The van der Waals surface area contributed by atoms with Gasteiger partial charge in [-0.05, 0) is 36.1 Å². The van der Waals surface area contributed by atoms with Crippen LogP contribution < -0.4 is 10.1 Å². The average Bonchev–Trinajstić information content (AvgIpc) is 2.14. The fourth-order valence-electron chi connectivity index (χ4n) is 1.36. The molecule has 0 aliphatic heterocycles. The summed E-state index contributed by atoms with van der Waals surface area (Å²) in [6, 6.07) is 6.17. The molecule has 0 heterocycles. The van der Waals surface area contributed by atoms with E-state index in [1.807, 2.05) is 6.07 Å². The molecule has 1 aromatic carbocycles. The van der Waals surface area contributed by atoms with Gasteiger partial charge in [0.2, 0.25) is 0 Å². The van der Waals surface area contributed by atoms with Gasteiger partial charge in [-0.2, -0.15) is 0 Å². The van der Waals surface area contributed by atoms with E-state index in [4.69, 9.17) is 4.74 Å².